The summed E-state index contributed by atoms with van der Waals surface area (Å²) in [6.45, 7) is 6.16. The summed E-state index contributed by atoms with van der Waals surface area (Å²) in [7, 11) is 0. The fourth-order valence-electron chi connectivity index (χ4n) is 1.51. The predicted octanol–water partition coefficient (Wildman–Crippen LogP) is 3.31. The van der Waals surface area contributed by atoms with Gasteiger partial charge < -0.3 is 10.6 Å². The SMILES string of the molecule is CCCCC(=O)NC(=S)Nc1ccc(C)c(C)c1. The summed E-state index contributed by atoms with van der Waals surface area (Å²) in [5, 5.41) is 6.06. The molecule has 1 amide bonds. The van der Waals surface area contributed by atoms with Crippen LogP contribution in [0.2, 0.25) is 0 Å². The molecule has 0 unspecified atom stereocenters. The third-order valence-corrected chi connectivity index (χ3v) is 2.98. The molecule has 1 aromatic carbocycles. The van der Waals surface area contributed by atoms with Gasteiger partial charge in [-0.15, -0.1) is 0 Å². The van der Waals surface area contributed by atoms with E-state index in [9.17, 15) is 4.79 Å². The highest BCUT2D eigenvalue weighted by molar-refractivity contribution is 7.80. The molecule has 0 radical (unpaired) electrons. The fraction of sp³-hybridized carbons (Fsp3) is 0.429. The normalized spacial score (nSPS) is 9.94. The van der Waals surface area contributed by atoms with Crippen LogP contribution < -0.4 is 10.6 Å². The molecule has 2 N–H and O–H groups in total. The van der Waals surface area contributed by atoms with Gasteiger partial charge in [0.1, 0.15) is 0 Å². The first-order valence-electron chi connectivity index (χ1n) is 6.21. The van der Waals surface area contributed by atoms with Gasteiger partial charge in [-0.3, -0.25) is 4.79 Å². The van der Waals surface area contributed by atoms with Crippen LogP contribution in [0.3, 0.4) is 0 Å². The number of nitrogens with one attached hydrogen (secondary N) is 2. The minimum Gasteiger partial charge on any atom is -0.332 e. The summed E-state index contributed by atoms with van der Waals surface area (Å²) in [5.41, 5.74) is 3.33. The van der Waals surface area contributed by atoms with E-state index in [0.29, 0.717) is 11.5 Å². The van der Waals surface area contributed by atoms with Crippen LogP contribution in [0.5, 0.6) is 0 Å². The second-order valence-corrected chi connectivity index (χ2v) is 4.81. The minimum atomic E-state index is -0.0295. The molecule has 0 saturated carbocycles. The topological polar surface area (TPSA) is 41.1 Å². The minimum absolute atomic E-state index is 0.0295. The zero-order valence-corrected chi connectivity index (χ0v) is 12.0. The average molecular weight is 264 g/mol. The largest absolute Gasteiger partial charge is 0.332 e. The van der Waals surface area contributed by atoms with Crippen molar-refractivity contribution in [1.82, 2.24) is 5.32 Å². The van der Waals surface area contributed by atoms with Crippen LogP contribution in [0.1, 0.15) is 37.3 Å². The Labute approximate surface area is 114 Å². The van der Waals surface area contributed by atoms with Gasteiger partial charge in [0.25, 0.3) is 0 Å². The molecule has 98 valence electrons. The molecule has 0 aliphatic rings. The van der Waals surface area contributed by atoms with Crippen molar-refractivity contribution in [2.75, 3.05) is 5.32 Å². The smallest absolute Gasteiger partial charge is 0.226 e. The highest BCUT2D eigenvalue weighted by atomic mass is 32.1. The number of carbonyl (C=O) groups excluding carboxylic acids is 1. The Morgan fingerprint density at radius 1 is 1.28 bits per heavy atom. The molecule has 1 aromatic rings. The molecule has 3 nitrogen and oxygen atoms in total. The lowest BCUT2D eigenvalue weighted by Gasteiger charge is -2.10. The predicted molar refractivity (Wildman–Crippen MR) is 79.8 cm³/mol. The quantitative estimate of drug-likeness (QED) is 0.820. The number of aryl methyl sites for hydroxylation is 2. The maximum absolute atomic E-state index is 11.5. The van der Waals surface area contributed by atoms with E-state index in [4.69, 9.17) is 12.2 Å². The number of hydrogen-bond donors (Lipinski definition) is 2. The Morgan fingerprint density at radius 3 is 2.61 bits per heavy atom. The average Bonchev–Trinajstić information content (AvgIpc) is 2.31. The van der Waals surface area contributed by atoms with Crippen molar-refractivity contribution >= 4 is 28.9 Å². The van der Waals surface area contributed by atoms with Gasteiger partial charge in [0.2, 0.25) is 5.91 Å². The summed E-state index contributed by atoms with van der Waals surface area (Å²) < 4.78 is 0. The van der Waals surface area contributed by atoms with Gasteiger partial charge in [0.15, 0.2) is 5.11 Å². The Bertz CT molecular complexity index is 443. The highest BCUT2D eigenvalue weighted by Gasteiger charge is 2.04. The molecule has 0 atom stereocenters. The second kappa shape index (κ2) is 7.11. The van der Waals surface area contributed by atoms with Crippen LogP contribution in [0.15, 0.2) is 18.2 Å². The van der Waals surface area contributed by atoms with Gasteiger partial charge in [0.05, 0.1) is 0 Å². The van der Waals surface area contributed by atoms with Crippen molar-refractivity contribution in [1.29, 1.82) is 0 Å². The van der Waals surface area contributed by atoms with Crippen molar-refractivity contribution in [3.05, 3.63) is 29.3 Å². The Kier molecular flexibility index (Phi) is 5.78. The van der Waals surface area contributed by atoms with E-state index >= 15 is 0 Å². The lowest BCUT2D eigenvalue weighted by atomic mass is 10.1. The maximum atomic E-state index is 11.5. The lowest BCUT2D eigenvalue weighted by Crippen LogP contribution is -2.33. The summed E-state index contributed by atoms with van der Waals surface area (Å²) in [5.74, 6) is -0.0295. The number of amides is 1. The molecule has 0 spiro atoms. The Hall–Kier alpha value is -1.42. The zero-order valence-electron chi connectivity index (χ0n) is 11.2. The van der Waals surface area contributed by atoms with E-state index in [-0.39, 0.29) is 5.91 Å². The number of anilines is 1. The Balaban J connectivity index is 2.49. The number of carbonyl (C=O) groups is 1. The summed E-state index contributed by atoms with van der Waals surface area (Å²) in [6.07, 6.45) is 2.41. The molecule has 0 aromatic heterocycles. The van der Waals surface area contributed by atoms with Crippen LogP contribution in [0, 0.1) is 13.8 Å². The molecule has 0 aliphatic heterocycles. The van der Waals surface area contributed by atoms with E-state index < -0.39 is 0 Å². The standard InChI is InChI=1S/C14H20N2OS/c1-4-5-6-13(17)16-14(18)15-12-8-7-10(2)11(3)9-12/h7-9H,4-6H2,1-3H3,(H2,15,16,17,18). The molecule has 4 heteroatoms. The fourth-order valence-corrected chi connectivity index (χ4v) is 1.74. The third-order valence-electron chi connectivity index (χ3n) is 2.78. The highest BCUT2D eigenvalue weighted by Crippen LogP contribution is 2.13. The van der Waals surface area contributed by atoms with Crippen LogP contribution in [0.25, 0.3) is 0 Å². The van der Waals surface area contributed by atoms with Crippen molar-refractivity contribution in [3.63, 3.8) is 0 Å². The van der Waals surface area contributed by atoms with E-state index in [1.54, 1.807) is 0 Å². The van der Waals surface area contributed by atoms with Crippen LogP contribution in [-0.2, 0) is 4.79 Å². The number of unbranched alkanes of at least 4 members (excludes halogenated alkanes) is 1. The molecule has 0 aliphatic carbocycles. The van der Waals surface area contributed by atoms with E-state index in [0.717, 1.165) is 18.5 Å². The summed E-state index contributed by atoms with van der Waals surface area (Å²) in [6, 6.07) is 5.99. The maximum Gasteiger partial charge on any atom is 0.226 e. The van der Waals surface area contributed by atoms with Crippen molar-refractivity contribution in [2.24, 2.45) is 0 Å². The van der Waals surface area contributed by atoms with Crippen LogP contribution >= 0.6 is 12.2 Å². The first kappa shape index (κ1) is 14.6. The van der Waals surface area contributed by atoms with E-state index in [1.165, 1.54) is 11.1 Å². The number of benzene rings is 1. The molecule has 0 bridgehead atoms. The van der Waals surface area contributed by atoms with Crippen LogP contribution in [-0.4, -0.2) is 11.0 Å². The summed E-state index contributed by atoms with van der Waals surface area (Å²) >= 11 is 5.10. The molecule has 18 heavy (non-hydrogen) atoms. The van der Waals surface area contributed by atoms with Gasteiger partial charge in [-0.05, 0) is 55.7 Å². The number of thiocarbonyl (C=S) groups is 1. The second-order valence-electron chi connectivity index (χ2n) is 4.40. The van der Waals surface area contributed by atoms with E-state index in [1.807, 2.05) is 25.1 Å². The molecular weight excluding hydrogens is 244 g/mol. The van der Waals surface area contributed by atoms with Gasteiger partial charge in [0, 0.05) is 12.1 Å². The van der Waals surface area contributed by atoms with Crippen molar-refractivity contribution in [2.45, 2.75) is 40.0 Å². The number of hydrogen-bond acceptors (Lipinski definition) is 2. The van der Waals surface area contributed by atoms with Gasteiger partial charge >= 0.3 is 0 Å². The molecule has 0 fully saturated rings. The molecule has 0 saturated heterocycles. The third kappa shape index (κ3) is 4.84. The van der Waals surface area contributed by atoms with Crippen molar-refractivity contribution < 1.29 is 4.79 Å². The van der Waals surface area contributed by atoms with E-state index in [2.05, 4.69) is 24.5 Å². The first-order valence-corrected chi connectivity index (χ1v) is 6.62. The monoisotopic (exact) mass is 264 g/mol. The molecular formula is C14H20N2OS. The number of rotatable bonds is 4. The first-order chi connectivity index (χ1) is 8.52. The molecule has 1 rings (SSSR count). The zero-order chi connectivity index (χ0) is 13.5. The lowest BCUT2D eigenvalue weighted by molar-refractivity contribution is -0.119. The molecule has 0 heterocycles. The summed E-state index contributed by atoms with van der Waals surface area (Å²) in [4.78, 5) is 11.5. The Morgan fingerprint density at radius 2 is 2.00 bits per heavy atom. The van der Waals surface area contributed by atoms with Crippen LogP contribution in [0.4, 0.5) is 5.69 Å². The van der Waals surface area contributed by atoms with Gasteiger partial charge in [-0.2, -0.15) is 0 Å². The van der Waals surface area contributed by atoms with Crippen molar-refractivity contribution in [3.8, 4) is 0 Å². The van der Waals surface area contributed by atoms with Gasteiger partial charge in [-0.25, -0.2) is 0 Å². The van der Waals surface area contributed by atoms with Gasteiger partial charge in [-0.1, -0.05) is 19.4 Å².